The molecule has 0 aliphatic carbocycles. The number of alkyl halides is 3. The number of ketones is 1. The zero-order valence-electron chi connectivity index (χ0n) is 14.9. The van der Waals surface area contributed by atoms with E-state index in [1.54, 1.807) is 24.3 Å². The monoisotopic (exact) mass is 407 g/mol. The number of benzene rings is 2. The summed E-state index contributed by atoms with van der Waals surface area (Å²) in [6.07, 6.45) is -3.77. The highest BCUT2D eigenvalue weighted by atomic mass is 19.4. The number of aliphatic hydroxyl groups is 1. The molecule has 0 saturated heterocycles. The fourth-order valence-corrected chi connectivity index (χ4v) is 2.09. The zero-order chi connectivity index (χ0) is 21.3. The van der Waals surface area contributed by atoms with Gasteiger partial charge in [0.25, 0.3) is 11.7 Å². The zero-order valence-corrected chi connectivity index (χ0v) is 14.9. The van der Waals surface area contributed by atoms with Crippen LogP contribution in [0.4, 0.5) is 13.2 Å². The van der Waals surface area contributed by atoms with Crippen LogP contribution in [0.3, 0.4) is 0 Å². The molecule has 0 bridgehead atoms. The number of carbonyl (C=O) groups is 2. The van der Waals surface area contributed by atoms with E-state index in [2.05, 4.69) is 20.0 Å². The van der Waals surface area contributed by atoms with E-state index in [0.29, 0.717) is 17.7 Å². The third-order valence-electron chi connectivity index (χ3n) is 3.46. The number of halogens is 3. The van der Waals surface area contributed by atoms with Crippen LogP contribution in [0.25, 0.3) is 11.4 Å². The lowest BCUT2D eigenvalue weighted by Crippen LogP contribution is -2.26. The number of rotatable bonds is 5. The molecule has 0 unspecified atom stereocenters. The summed E-state index contributed by atoms with van der Waals surface area (Å²) in [5, 5.41) is 14.5. The highest BCUT2D eigenvalue weighted by Crippen LogP contribution is 2.23. The van der Waals surface area contributed by atoms with Crippen LogP contribution in [0, 0.1) is 0 Å². The molecule has 7 nitrogen and oxygen atoms in total. The Bertz CT molecular complexity index is 912. The summed E-state index contributed by atoms with van der Waals surface area (Å²) in [6.45, 7) is 0.270. The molecule has 3 rings (SSSR count). The summed E-state index contributed by atoms with van der Waals surface area (Å²) in [5.74, 6) is -1.78. The van der Waals surface area contributed by atoms with Crippen LogP contribution in [0.2, 0.25) is 0 Å². The fourth-order valence-electron chi connectivity index (χ4n) is 2.09. The molecule has 29 heavy (non-hydrogen) atoms. The number of Topliss-reactive ketones (excluding diaryl/α,β-unsaturated/α-hetero) is 1. The number of carbonyl (C=O) groups excluding carboxylic acids is 2. The van der Waals surface area contributed by atoms with Crippen LogP contribution < -0.4 is 5.32 Å². The average Bonchev–Trinajstić information content (AvgIpc) is 3.27. The van der Waals surface area contributed by atoms with Gasteiger partial charge in [0.15, 0.2) is 0 Å². The maximum absolute atomic E-state index is 12.1. The van der Waals surface area contributed by atoms with Crippen molar-refractivity contribution in [3.05, 3.63) is 72.1 Å². The number of nitrogens with zero attached hydrogens (tertiary/aromatic N) is 2. The van der Waals surface area contributed by atoms with Gasteiger partial charge in [0.2, 0.25) is 12.2 Å². The minimum atomic E-state index is -4.87. The summed E-state index contributed by atoms with van der Waals surface area (Å²) in [4.78, 5) is 25.8. The number of hydrogen-bond acceptors (Lipinski definition) is 6. The molecule has 0 radical (unpaired) electrons. The van der Waals surface area contributed by atoms with Crippen molar-refractivity contribution in [1.82, 2.24) is 15.5 Å². The lowest BCUT2D eigenvalue weighted by atomic mass is 10.1. The van der Waals surface area contributed by atoms with E-state index in [1.807, 2.05) is 6.07 Å². The molecule has 0 saturated carbocycles. The van der Waals surface area contributed by atoms with Crippen molar-refractivity contribution in [2.24, 2.45) is 0 Å². The molecule has 152 valence electrons. The second kappa shape index (κ2) is 10.1. The second-order valence-corrected chi connectivity index (χ2v) is 5.50. The number of aromatic nitrogens is 2. The van der Waals surface area contributed by atoms with Gasteiger partial charge in [0, 0.05) is 23.2 Å². The number of amides is 1. The predicted molar refractivity (Wildman–Crippen MR) is 96.0 cm³/mol. The SMILES string of the molecule is O=C(NCCO)c1ccccc1.O=C(c1ccc(-c2ncon2)cc1)C(F)(F)F. The Hall–Kier alpha value is -3.53. The Labute approximate surface area is 163 Å². The molecular formula is C19H16F3N3O4. The van der Waals surface area contributed by atoms with Crippen molar-refractivity contribution in [1.29, 1.82) is 0 Å². The lowest BCUT2D eigenvalue weighted by Gasteiger charge is -2.04. The maximum atomic E-state index is 12.1. The summed E-state index contributed by atoms with van der Waals surface area (Å²) in [7, 11) is 0. The summed E-state index contributed by atoms with van der Waals surface area (Å²) in [5.41, 5.74) is 0.660. The van der Waals surface area contributed by atoms with Crippen molar-refractivity contribution in [2.75, 3.05) is 13.2 Å². The largest absolute Gasteiger partial charge is 0.454 e. The van der Waals surface area contributed by atoms with Crippen molar-refractivity contribution in [3.8, 4) is 11.4 Å². The van der Waals surface area contributed by atoms with Crippen LogP contribution in [-0.4, -0.2) is 46.3 Å². The van der Waals surface area contributed by atoms with Gasteiger partial charge in [-0.3, -0.25) is 9.59 Å². The molecule has 0 fully saturated rings. The molecule has 2 N–H and O–H groups in total. The first-order chi connectivity index (χ1) is 13.8. The first-order valence-electron chi connectivity index (χ1n) is 8.25. The molecule has 1 heterocycles. The average molecular weight is 407 g/mol. The fraction of sp³-hybridized carbons (Fsp3) is 0.158. The number of hydrogen-bond donors (Lipinski definition) is 2. The van der Waals surface area contributed by atoms with Gasteiger partial charge in [-0.2, -0.15) is 18.2 Å². The van der Waals surface area contributed by atoms with Crippen LogP contribution in [0.15, 0.2) is 65.5 Å². The summed E-state index contributed by atoms with van der Waals surface area (Å²) >= 11 is 0. The summed E-state index contributed by atoms with van der Waals surface area (Å²) < 4.78 is 40.9. The summed E-state index contributed by atoms with van der Waals surface area (Å²) in [6, 6.07) is 13.7. The highest BCUT2D eigenvalue weighted by molar-refractivity contribution is 6.00. The standard InChI is InChI=1S/C10H5F3N2O2.C9H11NO2/c11-10(12,13)8(16)6-1-3-7(4-2-6)9-14-5-17-15-9;11-7-6-10-9(12)8-4-2-1-3-5-8/h1-5H;1-5,11H,6-7H2,(H,10,12). The van der Waals surface area contributed by atoms with Crippen LogP contribution in [0.1, 0.15) is 20.7 Å². The topological polar surface area (TPSA) is 105 Å². The molecule has 0 atom stereocenters. The Morgan fingerprint density at radius 3 is 2.17 bits per heavy atom. The van der Waals surface area contributed by atoms with Gasteiger partial charge in [0.05, 0.1) is 6.61 Å². The van der Waals surface area contributed by atoms with Gasteiger partial charge in [0.1, 0.15) is 0 Å². The molecular weight excluding hydrogens is 391 g/mol. The van der Waals surface area contributed by atoms with Crippen LogP contribution in [-0.2, 0) is 0 Å². The molecule has 0 aliphatic heterocycles. The smallest absolute Gasteiger partial charge is 0.395 e. The normalized spacial score (nSPS) is 10.6. The Morgan fingerprint density at radius 2 is 1.66 bits per heavy atom. The van der Waals surface area contributed by atoms with Gasteiger partial charge >= 0.3 is 6.18 Å². The van der Waals surface area contributed by atoms with E-state index >= 15 is 0 Å². The molecule has 2 aromatic carbocycles. The molecule has 10 heteroatoms. The van der Waals surface area contributed by atoms with E-state index in [4.69, 9.17) is 5.11 Å². The van der Waals surface area contributed by atoms with E-state index in [-0.39, 0.29) is 18.3 Å². The van der Waals surface area contributed by atoms with Crippen molar-refractivity contribution in [2.45, 2.75) is 6.18 Å². The van der Waals surface area contributed by atoms with E-state index in [9.17, 15) is 22.8 Å². The van der Waals surface area contributed by atoms with Crippen LogP contribution in [0.5, 0.6) is 0 Å². The molecule has 3 aromatic rings. The minimum Gasteiger partial charge on any atom is -0.395 e. The van der Waals surface area contributed by atoms with Gasteiger partial charge in [-0.05, 0) is 12.1 Å². The quantitative estimate of drug-likeness (QED) is 0.630. The van der Waals surface area contributed by atoms with Gasteiger partial charge < -0.3 is 14.9 Å². The first kappa shape index (κ1) is 21.8. The second-order valence-electron chi connectivity index (χ2n) is 5.50. The van der Waals surface area contributed by atoms with Crippen molar-refractivity contribution >= 4 is 11.7 Å². The van der Waals surface area contributed by atoms with E-state index in [1.165, 1.54) is 12.1 Å². The third kappa shape index (κ3) is 6.54. The third-order valence-corrected chi connectivity index (χ3v) is 3.46. The Balaban J connectivity index is 0.000000221. The van der Waals surface area contributed by atoms with Gasteiger partial charge in [-0.15, -0.1) is 0 Å². The van der Waals surface area contributed by atoms with Crippen molar-refractivity contribution in [3.63, 3.8) is 0 Å². The Morgan fingerprint density at radius 1 is 1.00 bits per heavy atom. The molecule has 1 aromatic heterocycles. The van der Waals surface area contributed by atoms with E-state index < -0.39 is 17.5 Å². The van der Waals surface area contributed by atoms with Gasteiger partial charge in [-0.1, -0.05) is 47.6 Å². The van der Waals surface area contributed by atoms with E-state index in [0.717, 1.165) is 18.5 Å². The van der Waals surface area contributed by atoms with Gasteiger partial charge in [-0.25, -0.2) is 0 Å². The highest BCUT2D eigenvalue weighted by Gasteiger charge is 2.39. The van der Waals surface area contributed by atoms with Crippen molar-refractivity contribution < 1.29 is 32.4 Å². The molecule has 0 spiro atoms. The lowest BCUT2D eigenvalue weighted by molar-refractivity contribution is -0.0885. The Kier molecular flexibility index (Phi) is 7.61. The maximum Gasteiger partial charge on any atom is 0.454 e. The molecule has 0 aliphatic rings. The number of nitrogens with one attached hydrogen (secondary N) is 1. The first-order valence-corrected chi connectivity index (χ1v) is 8.25. The van der Waals surface area contributed by atoms with Crippen LogP contribution >= 0.6 is 0 Å². The molecule has 1 amide bonds. The number of aliphatic hydroxyl groups excluding tert-OH is 1. The minimum absolute atomic E-state index is 0.0292. The predicted octanol–water partition coefficient (Wildman–Crippen LogP) is 2.89.